The highest BCUT2D eigenvalue weighted by Crippen LogP contribution is 2.25. The summed E-state index contributed by atoms with van der Waals surface area (Å²) in [6, 6.07) is 17.9. The molecule has 0 aliphatic rings. The van der Waals surface area contributed by atoms with Gasteiger partial charge in [-0.1, -0.05) is 52.3 Å². The first kappa shape index (κ1) is 16.1. The van der Waals surface area contributed by atoms with Crippen LogP contribution < -0.4 is 5.32 Å². The zero-order valence-corrected chi connectivity index (χ0v) is 14.4. The number of nitrogens with one attached hydrogen (secondary N) is 1. The summed E-state index contributed by atoms with van der Waals surface area (Å²) in [5, 5.41) is 2.94. The molecule has 0 aliphatic carbocycles. The molecule has 2 nitrogen and oxygen atoms in total. The third-order valence-electron chi connectivity index (χ3n) is 3.16. The molecule has 0 saturated heterocycles. The first-order valence-corrected chi connectivity index (χ1v) is 8.51. The van der Waals surface area contributed by atoms with E-state index >= 15 is 0 Å². The SMILES string of the molecule is CC(Sc1ccccc1)C(=O)NC(C)c1ccccc1Br. The van der Waals surface area contributed by atoms with Crippen LogP contribution in [0, 0.1) is 0 Å². The molecule has 0 aliphatic heterocycles. The summed E-state index contributed by atoms with van der Waals surface area (Å²) < 4.78 is 1.01. The smallest absolute Gasteiger partial charge is 0.233 e. The minimum atomic E-state index is -0.127. The number of benzene rings is 2. The van der Waals surface area contributed by atoms with E-state index in [1.54, 1.807) is 11.8 Å². The zero-order chi connectivity index (χ0) is 15.2. The molecular weight excluding hydrogens is 346 g/mol. The van der Waals surface area contributed by atoms with E-state index in [0.717, 1.165) is 14.9 Å². The summed E-state index contributed by atoms with van der Waals surface area (Å²) in [6.45, 7) is 3.93. The maximum atomic E-state index is 12.3. The molecule has 2 rings (SSSR count). The molecule has 0 fully saturated rings. The highest BCUT2D eigenvalue weighted by atomic mass is 79.9. The summed E-state index contributed by atoms with van der Waals surface area (Å²) in [4.78, 5) is 13.4. The Morgan fingerprint density at radius 1 is 1.05 bits per heavy atom. The van der Waals surface area contributed by atoms with Crippen LogP contribution in [0.1, 0.15) is 25.5 Å². The maximum absolute atomic E-state index is 12.3. The fraction of sp³-hybridized carbons (Fsp3) is 0.235. The van der Waals surface area contributed by atoms with E-state index in [1.165, 1.54) is 0 Å². The van der Waals surface area contributed by atoms with Gasteiger partial charge in [0.05, 0.1) is 11.3 Å². The van der Waals surface area contributed by atoms with E-state index in [1.807, 2.05) is 68.4 Å². The second kappa shape index (κ2) is 7.66. The van der Waals surface area contributed by atoms with Crippen molar-refractivity contribution in [1.82, 2.24) is 5.32 Å². The number of halogens is 1. The number of thioether (sulfide) groups is 1. The van der Waals surface area contributed by atoms with Crippen LogP contribution >= 0.6 is 27.7 Å². The van der Waals surface area contributed by atoms with Crippen LogP contribution in [0.5, 0.6) is 0 Å². The quantitative estimate of drug-likeness (QED) is 0.772. The van der Waals surface area contributed by atoms with Crippen LogP contribution in [0.4, 0.5) is 0 Å². The predicted molar refractivity (Wildman–Crippen MR) is 92.5 cm³/mol. The number of carbonyl (C=O) groups excluding carboxylic acids is 1. The second-order valence-corrected chi connectivity index (χ2v) is 7.09. The molecule has 1 amide bonds. The Morgan fingerprint density at radius 2 is 1.67 bits per heavy atom. The van der Waals surface area contributed by atoms with Gasteiger partial charge >= 0.3 is 0 Å². The Balaban J connectivity index is 1.96. The van der Waals surface area contributed by atoms with Crippen LogP contribution in [0.2, 0.25) is 0 Å². The van der Waals surface area contributed by atoms with Crippen LogP contribution in [0.15, 0.2) is 64.0 Å². The van der Waals surface area contributed by atoms with Gasteiger partial charge in [-0.3, -0.25) is 4.79 Å². The Hall–Kier alpha value is -1.26. The molecule has 2 aromatic rings. The Kier molecular flexibility index (Phi) is 5.88. The lowest BCUT2D eigenvalue weighted by Crippen LogP contribution is -2.33. The molecular formula is C17H18BrNOS. The lowest BCUT2D eigenvalue weighted by Gasteiger charge is -2.18. The summed E-state index contributed by atoms with van der Waals surface area (Å²) in [6.07, 6.45) is 0. The van der Waals surface area contributed by atoms with E-state index in [0.29, 0.717) is 0 Å². The highest BCUT2D eigenvalue weighted by Gasteiger charge is 2.18. The summed E-state index contributed by atoms with van der Waals surface area (Å²) in [5.74, 6) is 0.0482. The Morgan fingerprint density at radius 3 is 2.33 bits per heavy atom. The van der Waals surface area contributed by atoms with Crippen molar-refractivity contribution in [3.63, 3.8) is 0 Å². The molecule has 21 heavy (non-hydrogen) atoms. The molecule has 0 radical (unpaired) electrons. The summed E-state index contributed by atoms with van der Waals surface area (Å²) in [5.41, 5.74) is 1.09. The largest absolute Gasteiger partial charge is 0.349 e. The van der Waals surface area contributed by atoms with Crippen molar-refractivity contribution in [1.29, 1.82) is 0 Å². The van der Waals surface area contributed by atoms with Gasteiger partial charge in [0.1, 0.15) is 0 Å². The van der Waals surface area contributed by atoms with E-state index in [9.17, 15) is 4.79 Å². The molecule has 1 N–H and O–H groups in total. The van der Waals surface area contributed by atoms with E-state index in [4.69, 9.17) is 0 Å². The number of hydrogen-bond acceptors (Lipinski definition) is 2. The van der Waals surface area contributed by atoms with Gasteiger partial charge in [0.2, 0.25) is 5.91 Å². The molecule has 0 bridgehead atoms. The highest BCUT2D eigenvalue weighted by molar-refractivity contribution is 9.10. The second-order valence-electron chi connectivity index (χ2n) is 4.82. The average molecular weight is 364 g/mol. The van der Waals surface area contributed by atoms with Crippen molar-refractivity contribution in [2.75, 3.05) is 0 Å². The third-order valence-corrected chi connectivity index (χ3v) is 4.99. The summed E-state index contributed by atoms with van der Waals surface area (Å²) >= 11 is 5.09. The van der Waals surface area contributed by atoms with Crippen molar-refractivity contribution < 1.29 is 4.79 Å². The molecule has 2 atom stereocenters. The normalized spacial score (nSPS) is 13.5. The van der Waals surface area contributed by atoms with Crippen LogP contribution in [-0.2, 0) is 4.79 Å². The van der Waals surface area contributed by atoms with Crippen molar-refractivity contribution in [3.8, 4) is 0 Å². The molecule has 2 aromatic carbocycles. The summed E-state index contributed by atoms with van der Waals surface area (Å²) in [7, 11) is 0. The molecule has 0 aromatic heterocycles. The molecule has 110 valence electrons. The van der Waals surface area contributed by atoms with Gasteiger partial charge in [-0.25, -0.2) is 0 Å². The van der Waals surface area contributed by atoms with Crippen LogP contribution in [-0.4, -0.2) is 11.2 Å². The van der Waals surface area contributed by atoms with Crippen molar-refractivity contribution in [2.24, 2.45) is 0 Å². The Bertz CT molecular complexity index is 603. The van der Waals surface area contributed by atoms with Gasteiger partial charge in [-0.05, 0) is 37.6 Å². The van der Waals surface area contributed by atoms with Crippen LogP contribution in [0.3, 0.4) is 0 Å². The zero-order valence-electron chi connectivity index (χ0n) is 12.0. The van der Waals surface area contributed by atoms with E-state index in [-0.39, 0.29) is 17.2 Å². The van der Waals surface area contributed by atoms with Gasteiger partial charge in [-0.2, -0.15) is 0 Å². The monoisotopic (exact) mass is 363 g/mol. The van der Waals surface area contributed by atoms with Crippen molar-refractivity contribution in [3.05, 3.63) is 64.6 Å². The lowest BCUT2D eigenvalue weighted by atomic mass is 10.1. The maximum Gasteiger partial charge on any atom is 0.233 e. The molecule has 4 heteroatoms. The standard InChI is InChI=1S/C17H18BrNOS/c1-12(15-10-6-7-11-16(15)18)19-17(20)13(2)21-14-8-4-3-5-9-14/h3-13H,1-2H3,(H,19,20). The number of hydrogen-bond donors (Lipinski definition) is 1. The fourth-order valence-corrected chi connectivity index (χ4v) is 3.52. The Labute approximate surface area is 138 Å². The van der Waals surface area contributed by atoms with Gasteiger partial charge in [-0.15, -0.1) is 11.8 Å². The number of rotatable bonds is 5. The van der Waals surface area contributed by atoms with Gasteiger partial charge in [0.15, 0.2) is 0 Å². The van der Waals surface area contributed by atoms with Crippen molar-refractivity contribution in [2.45, 2.75) is 30.0 Å². The van der Waals surface area contributed by atoms with Gasteiger partial charge in [0.25, 0.3) is 0 Å². The first-order valence-electron chi connectivity index (χ1n) is 6.84. The average Bonchev–Trinajstić information content (AvgIpc) is 2.48. The van der Waals surface area contributed by atoms with Crippen LogP contribution in [0.25, 0.3) is 0 Å². The third kappa shape index (κ3) is 4.61. The van der Waals surface area contributed by atoms with E-state index < -0.39 is 0 Å². The number of amides is 1. The number of carbonyl (C=O) groups is 1. The minimum absolute atomic E-state index is 0.0214. The topological polar surface area (TPSA) is 29.1 Å². The van der Waals surface area contributed by atoms with Gasteiger partial charge in [0, 0.05) is 9.37 Å². The van der Waals surface area contributed by atoms with Gasteiger partial charge < -0.3 is 5.32 Å². The molecule has 0 saturated carbocycles. The molecule has 0 heterocycles. The molecule has 2 unspecified atom stereocenters. The first-order chi connectivity index (χ1) is 10.1. The predicted octanol–water partition coefficient (Wildman–Crippen LogP) is 4.81. The van der Waals surface area contributed by atoms with E-state index in [2.05, 4.69) is 21.2 Å². The minimum Gasteiger partial charge on any atom is -0.349 e. The van der Waals surface area contributed by atoms with Crippen molar-refractivity contribution >= 4 is 33.6 Å². The lowest BCUT2D eigenvalue weighted by molar-refractivity contribution is -0.120. The molecule has 0 spiro atoms. The fourth-order valence-electron chi connectivity index (χ4n) is 1.99.